The Morgan fingerprint density at radius 2 is 1.83 bits per heavy atom. The molecular weight excluding hydrogens is 284 g/mol. The molecule has 2 nitrogen and oxygen atoms in total. The highest BCUT2D eigenvalue weighted by molar-refractivity contribution is 5.91. The summed E-state index contributed by atoms with van der Waals surface area (Å²) in [5.74, 6) is 3.29. The van der Waals surface area contributed by atoms with E-state index in [2.05, 4.69) is 13.8 Å². The van der Waals surface area contributed by atoms with Crippen LogP contribution < -0.4 is 0 Å². The lowest BCUT2D eigenvalue weighted by molar-refractivity contribution is -0.128. The Labute approximate surface area is 140 Å². The predicted molar refractivity (Wildman–Crippen MR) is 90.9 cm³/mol. The monoisotopic (exact) mass is 314 g/mol. The molecule has 0 radical (unpaired) electrons. The molecule has 0 N–H and O–H groups in total. The van der Waals surface area contributed by atoms with Crippen LogP contribution >= 0.6 is 0 Å². The van der Waals surface area contributed by atoms with Gasteiger partial charge in [0.05, 0.1) is 0 Å². The average Bonchev–Trinajstić information content (AvgIpc) is 2.85. The minimum atomic E-state index is 0.245. The summed E-state index contributed by atoms with van der Waals surface area (Å²) in [5, 5.41) is 0. The van der Waals surface area contributed by atoms with Gasteiger partial charge in [0.1, 0.15) is 5.78 Å². The SMILES string of the molecule is CC(=O)[C@H]1CCC2[C@@H]3CCC4=CC(=O)CC[C@]4(C)C3CC[C@@]21C. The lowest BCUT2D eigenvalue weighted by Gasteiger charge is -2.58. The van der Waals surface area contributed by atoms with Crippen LogP contribution in [0.4, 0.5) is 0 Å². The van der Waals surface area contributed by atoms with Crippen LogP contribution in [0.2, 0.25) is 0 Å². The Kier molecular flexibility index (Phi) is 3.42. The second kappa shape index (κ2) is 5.04. The molecule has 0 aliphatic heterocycles. The largest absolute Gasteiger partial charge is 0.300 e. The first-order chi connectivity index (χ1) is 10.9. The Morgan fingerprint density at radius 1 is 1.04 bits per heavy atom. The molecule has 4 aliphatic carbocycles. The molecule has 23 heavy (non-hydrogen) atoms. The molecule has 0 aromatic heterocycles. The van der Waals surface area contributed by atoms with Crippen molar-refractivity contribution in [2.75, 3.05) is 0 Å². The van der Waals surface area contributed by atoms with Crippen LogP contribution in [-0.4, -0.2) is 11.6 Å². The number of Topliss-reactive ketones (excluding diaryl/α,β-unsaturated/α-hetero) is 1. The number of carbonyl (C=O) groups excluding carboxylic acids is 2. The van der Waals surface area contributed by atoms with Crippen LogP contribution in [0.15, 0.2) is 11.6 Å². The first-order valence-electron chi connectivity index (χ1n) is 9.60. The van der Waals surface area contributed by atoms with E-state index in [9.17, 15) is 9.59 Å². The fraction of sp³-hybridized carbons (Fsp3) is 0.810. The van der Waals surface area contributed by atoms with Crippen molar-refractivity contribution in [3.63, 3.8) is 0 Å². The molecule has 0 aromatic carbocycles. The van der Waals surface area contributed by atoms with Crippen LogP contribution in [0.25, 0.3) is 0 Å². The van der Waals surface area contributed by atoms with Gasteiger partial charge in [-0.3, -0.25) is 9.59 Å². The van der Waals surface area contributed by atoms with Crippen LogP contribution in [0, 0.1) is 34.5 Å². The molecule has 126 valence electrons. The number of fused-ring (bicyclic) bond motifs is 5. The van der Waals surface area contributed by atoms with Crippen LogP contribution in [-0.2, 0) is 9.59 Å². The van der Waals surface area contributed by atoms with Crippen molar-refractivity contribution in [3.8, 4) is 0 Å². The van der Waals surface area contributed by atoms with Gasteiger partial charge in [0, 0.05) is 12.3 Å². The Bertz CT molecular complexity index is 589. The molecule has 0 saturated heterocycles. The molecule has 6 atom stereocenters. The van der Waals surface area contributed by atoms with E-state index in [4.69, 9.17) is 0 Å². The molecule has 4 aliphatic rings. The summed E-state index contributed by atoms with van der Waals surface area (Å²) in [7, 11) is 0. The minimum absolute atomic E-state index is 0.245. The molecule has 0 amide bonds. The Hall–Kier alpha value is -0.920. The second-order valence-electron chi connectivity index (χ2n) is 9.25. The van der Waals surface area contributed by atoms with Crippen molar-refractivity contribution >= 4 is 11.6 Å². The molecule has 0 bridgehead atoms. The van der Waals surface area contributed by atoms with E-state index in [1.807, 2.05) is 6.08 Å². The van der Waals surface area contributed by atoms with Crippen LogP contribution in [0.1, 0.15) is 72.1 Å². The summed E-state index contributed by atoms with van der Waals surface area (Å²) >= 11 is 0. The third-order valence-electron chi connectivity index (χ3n) is 8.45. The number of carbonyl (C=O) groups is 2. The molecule has 4 rings (SSSR count). The number of ketones is 2. The predicted octanol–water partition coefficient (Wildman–Crippen LogP) is 4.72. The van der Waals surface area contributed by atoms with Gasteiger partial charge in [0.15, 0.2) is 5.78 Å². The van der Waals surface area contributed by atoms with E-state index in [1.165, 1.54) is 31.3 Å². The third-order valence-corrected chi connectivity index (χ3v) is 8.45. The first-order valence-corrected chi connectivity index (χ1v) is 9.60. The summed E-state index contributed by atoms with van der Waals surface area (Å²) < 4.78 is 0. The first kappa shape index (κ1) is 15.6. The van der Waals surface area contributed by atoms with Gasteiger partial charge in [-0.15, -0.1) is 0 Å². The lowest BCUT2D eigenvalue weighted by atomic mass is 9.47. The van der Waals surface area contributed by atoms with Crippen molar-refractivity contribution in [2.24, 2.45) is 34.5 Å². The zero-order valence-electron chi connectivity index (χ0n) is 14.9. The fourth-order valence-corrected chi connectivity index (χ4v) is 7.23. The molecule has 0 heterocycles. The third kappa shape index (κ3) is 2.06. The van der Waals surface area contributed by atoms with Gasteiger partial charge in [0.2, 0.25) is 0 Å². The number of hydrogen-bond acceptors (Lipinski definition) is 2. The van der Waals surface area contributed by atoms with E-state index < -0.39 is 0 Å². The van der Waals surface area contributed by atoms with E-state index in [-0.39, 0.29) is 10.8 Å². The molecular formula is C21H30O2. The van der Waals surface area contributed by atoms with Crippen molar-refractivity contribution in [2.45, 2.75) is 72.1 Å². The highest BCUT2D eigenvalue weighted by Crippen LogP contribution is 2.66. The van der Waals surface area contributed by atoms with Crippen LogP contribution in [0.5, 0.6) is 0 Å². The highest BCUT2D eigenvalue weighted by atomic mass is 16.1. The standard InChI is InChI=1S/C21H30O2/c1-13(22)17-6-7-18-16-5-4-14-12-15(23)8-10-20(14,2)19(16)9-11-21(17,18)3/h12,16-19H,4-11H2,1-3H3/t16-,17+,18?,19?,20-,21+/m0/s1. The number of rotatable bonds is 1. The fourth-order valence-electron chi connectivity index (χ4n) is 7.23. The van der Waals surface area contributed by atoms with Gasteiger partial charge in [-0.1, -0.05) is 19.4 Å². The molecule has 2 heteroatoms. The molecule has 2 unspecified atom stereocenters. The Balaban J connectivity index is 1.67. The van der Waals surface area contributed by atoms with Crippen LogP contribution in [0.3, 0.4) is 0 Å². The zero-order chi connectivity index (χ0) is 16.4. The normalized spacial score (nSPS) is 49.0. The van der Waals surface area contributed by atoms with Gasteiger partial charge in [-0.2, -0.15) is 0 Å². The van der Waals surface area contributed by atoms with Gasteiger partial charge in [-0.25, -0.2) is 0 Å². The molecule has 0 spiro atoms. The smallest absolute Gasteiger partial charge is 0.155 e. The maximum atomic E-state index is 12.1. The molecule has 3 fully saturated rings. The second-order valence-corrected chi connectivity index (χ2v) is 9.25. The van der Waals surface area contributed by atoms with Gasteiger partial charge in [0.25, 0.3) is 0 Å². The van der Waals surface area contributed by atoms with Crippen molar-refractivity contribution in [1.82, 2.24) is 0 Å². The summed E-state index contributed by atoms with van der Waals surface area (Å²) in [6.45, 7) is 6.65. The van der Waals surface area contributed by atoms with Gasteiger partial charge in [-0.05, 0) is 86.5 Å². The minimum Gasteiger partial charge on any atom is -0.300 e. The summed E-state index contributed by atoms with van der Waals surface area (Å²) in [4.78, 5) is 24.0. The van der Waals surface area contributed by atoms with Crippen molar-refractivity contribution in [3.05, 3.63) is 11.6 Å². The maximum Gasteiger partial charge on any atom is 0.155 e. The quantitative estimate of drug-likeness (QED) is 0.701. The highest BCUT2D eigenvalue weighted by Gasteiger charge is 2.59. The Morgan fingerprint density at radius 3 is 2.57 bits per heavy atom. The number of hydrogen-bond donors (Lipinski definition) is 0. The maximum absolute atomic E-state index is 12.1. The number of allylic oxidation sites excluding steroid dienone is 1. The molecule has 0 aromatic rings. The van der Waals surface area contributed by atoms with E-state index in [0.29, 0.717) is 17.5 Å². The van der Waals surface area contributed by atoms with E-state index in [0.717, 1.165) is 43.4 Å². The molecule has 3 saturated carbocycles. The van der Waals surface area contributed by atoms with E-state index in [1.54, 1.807) is 6.92 Å². The van der Waals surface area contributed by atoms with Gasteiger partial charge < -0.3 is 0 Å². The van der Waals surface area contributed by atoms with Crippen molar-refractivity contribution in [1.29, 1.82) is 0 Å². The topological polar surface area (TPSA) is 34.1 Å². The summed E-state index contributed by atoms with van der Waals surface area (Å²) in [5.41, 5.74) is 1.95. The van der Waals surface area contributed by atoms with E-state index >= 15 is 0 Å². The average molecular weight is 314 g/mol. The van der Waals surface area contributed by atoms with Crippen molar-refractivity contribution < 1.29 is 9.59 Å². The lowest BCUT2D eigenvalue weighted by Crippen LogP contribution is -2.51. The van der Waals surface area contributed by atoms with Gasteiger partial charge >= 0.3 is 0 Å². The zero-order valence-corrected chi connectivity index (χ0v) is 14.9. The summed E-state index contributed by atoms with van der Waals surface area (Å²) in [6.07, 6.45) is 10.9. The summed E-state index contributed by atoms with van der Waals surface area (Å²) in [6, 6.07) is 0.